The molecule has 0 saturated carbocycles. The molecular weight excluding hydrogens is 626 g/mol. The lowest BCUT2D eigenvalue weighted by molar-refractivity contribution is -0.237. The molecule has 0 spiro atoms. The van der Waals surface area contributed by atoms with Crippen LogP contribution in [0, 0.1) is 0 Å². The van der Waals surface area contributed by atoms with Gasteiger partial charge in [0.2, 0.25) is 0 Å². The van der Waals surface area contributed by atoms with E-state index >= 15 is 0 Å². The number of carbonyl (C=O) groups excluding carboxylic acids is 4. The average molecular weight is 686 g/mol. The highest BCUT2D eigenvalue weighted by molar-refractivity contribution is 7.99. The Morgan fingerprint density at radius 3 is 1.43 bits per heavy atom. The summed E-state index contributed by atoms with van der Waals surface area (Å²) in [7, 11) is 0. The number of nitrogens with zero attached hydrogens (tertiary/aromatic N) is 3. The second kappa shape index (κ2) is 27.5. The third-order valence-electron chi connectivity index (χ3n) is 7.95. The lowest BCUT2D eigenvalue weighted by atomic mass is 9.99. The maximum Gasteiger partial charge on any atom is 0.303 e. The maximum absolute atomic E-state index is 12.0. The van der Waals surface area contributed by atoms with Gasteiger partial charge in [0.25, 0.3) is 0 Å². The lowest BCUT2D eigenvalue weighted by Crippen LogP contribution is -2.61. The molecule has 270 valence electrons. The molecule has 1 aliphatic heterocycles. The zero-order valence-electron chi connectivity index (χ0n) is 29.2. The number of ether oxygens (including phenoxy) is 5. The van der Waals surface area contributed by atoms with Gasteiger partial charge in [0.15, 0.2) is 18.3 Å². The van der Waals surface area contributed by atoms with Gasteiger partial charge in [0, 0.05) is 39.2 Å². The van der Waals surface area contributed by atoms with Crippen LogP contribution >= 0.6 is 11.8 Å². The zero-order chi connectivity index (χ0) is 34.7. The van der Waals surface area contributed by atoms with Crippen LogP contribution < -0.4 is 0 Å². The SMILES string of the molecule is CC(=O)OC[C@H]1O[C@@H](SCCCCCCCCCCCCCCCCCCCCN=[N+]=[N-])[C@H](OC(C)=O)[C@@H](OC(C)=O)[C@@H]1OC(C)=O. The molecule has 1 saturated heterocycles. The van der Waals surface area contributed by atoms with Gasteiger partial charge >= 0.3 is 23.9 Å². The molecule has 13 heteroatoms. The summed E-state index contributed by atoms with van der Waals surface area (Å²) in [5.41, 5.74) is 7.56. The Bertz CT molecular complexity index is 948. The molecule has 0 aromatic rings. The summed E-state index contributed by atoms with van der Waals surface area (Å²) in [4.78, 5) is 50.1. The molecule has 5 atom stereocenters. The van der Waals surface area contributed by atoms with Gasteiger partial charge in [-0.05, 0) is 24.1 Å². The van der Waals surface area contributed by atoms with E-state index in [4.69, 9.17) is 29.2 Å². The molecule has 0 aromatic heterocycles. The van der Waals surface area contributed by atoms with Crippen molar-refractivity contribution in [3.63, 3.8) is 0 Å². The van der Waals surface area contributed by atoms with Crippen molar-refractivity contribution in [2.75, 3.05) is 18.9 Å². The first-order valence-electron chi connectivity index (χ1n) is 17.6. The van der Waals surface area contributed by atoms with Crippen LogP contribution in [0.4, 0.5) is 0 Å². The van der Waals surface area contributed by atoms with E-state index in [1.807, 2.05) is 0 Å². The molecule has 0 unspecified atom stereocenters. The topological polar surface area (TPSA) is 163 Å². The smallest absolute Gasteiger partial charge is 0.303 e. The van der Waals surface area contributed by atoms with Gasteiger partial charge in [-0.15, -0.1) is 11.8 Å². The number of rotatable bonds is 27. The van der Waals surface area contributed by atoms with Gasteiger partial charge in [-0.1, -0.05) is 108 Å². The first-order valence-corrected chi connectivity index (χ1v) is 18.6. The van der Waals surface area contributed by atoms with E-state index in [0.29, 0.717) is 6.54 Å². The van der Waals surface area contributed by atoms with Crippen molar-refractivity contribution < 1.29 is 42.9 Å². The van der Waals surface area contributed by atoms with E-state index in [-0.39, 0.29) is 6.61 Å². The van der Waals surface area contributed by atoms with Crippen LogP contribution in [0.25, 0.3) is 10.4 Å². The predicted molar refractivity (Wildman–Crippen MR) is 182 cm³/mol. The van der Waals surface area contributed by atoms with Crippen molar-refractivity contribution in [2.45, 2.75) is 173 Å². The van der Waals surface area contributed by atoms with Crippen molar-refractivity contribution in [2.24, 2.45) is 5.11 Å². The highest BCUT2D eigenvalue weighted by atomic mass is 32.2. The first kappa shape index (κ1) is 42.5. The average Bonchev–Trinajstić information content (AvgIpc) is 3.00. The molecule has 12 nitrogen and oxygen atoms in total. The molecule has 0 aliphatic carbocycles. The minimum Gasteiger partial charge on any atom is -0.463 e. The molecule has 0 bridgehead atoms. The van der Waals surface area contributed by atoms with E-state index in [0.717, 1.165) is 37.9 Å². The third kappa shape index (κ3) is 21.9. The number of azide groups is 1. The number of esters is 4. The molecule has 0 amide bonds. The predicted octanol–water partition coefficient (Wildman–Crippen LogP) is 8.13. The summed E-state index contributed by atoms with van der Waals surface area (Å²) in [6.45, 7) is 5.36. The molecule has 1 aliphatic rings. The summed E-state index contributed by atoms with van der Waals surface area (Å²) in [6, 6.07) is 0. The minimum atomic E-state index is -1.12. The van der Waals surface area contributed by atoms with E-state index in [2.05, 4.69) is 10.0 Å². The Morgan fingerprint density at radius 1 is 0.596 bits per heavy atom. The van der Waals surface area contributed by atoms with E-state index in [1.165, 1.54) is 123 Å². The van der Waals surface area contributed by atoms with Crippen molar-refractivity contribution in [3.05, 3.63) is 10.4 Å². The fraction of sp³-hybridized carbons (Fsp3) is 0.882. The number of hydrogen-bond acceptors (Lipinski definition) is 11. The molecule has 1 heterocycles. The highest BCUT2D eigenvalue weighted by Crippen LogP contribution is 2.35. The Labute approximate surface area is 285 Å². The Morgan fingerprint density at radius 2 is 1.00 bits per heavy atom. The van der Waals surface area contributed by atoms with E-state index in [1.54, 1.807) is 0 Å². The van der Waals surface area contributed by atoms with Crippen LogP contribution in [0.5, 0.6) is 0 Å². The van der Waals surface area contributed by atoms with Crippen molar-refractivity contribution >= 4 is 35.6 Å². The van der Waals surface area contributed by atoms with Crippen LogP contribution in [0.2, 0.25) is 0 Å². The van der Waals surface area contributed by atoms with Crippen LogP contribution in [0.1, 0.15) is 143 Å². The number of unbranched alkanes of at least 4 members (excludes halogenated alkanes) is 17. The van der Waals surface area contributed by atoms with Gasteiger partial charge < -0.3 is 23.7 Å². The molecule has 0 aromatic carbocycles. The van der Waals surface area contributed by atoms with E-state index < -0.39 is 53.7 Å². The van der Waals surface area contributed by atoms with E-state index in [9.17, 15) is 19.2 Å². The molecular formula is C34H59N3O9S. The fourth-order valence-electron chi connectivity index (χ4n) is 5.68. The van der Waals surface area contributed by atoms with Gasteiger partial charge in [-0.3, -0.25) is 19.2 Å². The van der Waals surface area contributed by atoms with Crippen molar-refractivity contribution in [1.82, 2.24) is 0 Å². The zero-order valence-corrected chi connectivity index (χ0v) is 30.0. The van der Waals surface area contributed by atoms with Gasteiger partial charge in [-0.25, -0.2) is 0 Å². The van der Waals surface area contributed by atoms with Crippen molar-refractivity contribution in [3.8, 4) is 0 Å². The number of hydrogen-bond donors (Lipinski definition) is 0. The number of carbonyl (C=O) groups is 4. The number of thioether (sulfide) groups is 1. The summed E-state index contributed by atoms with van der Waals surface area (Å²) in [5, 5.41) is 3.57. The maximum atomic E-state index is 12.0. The normalized spacial score (nSPS) is 20.6. The van der Waals surface area contributed by atoms with Crippen LogP contribution in [0.3, 0.4) is 0 Å². The van der Waals surface area contributed by atoms with Crippen LogP contribution in [0.15, 0.2) is 5.11 Å². The fourth-order valence-corrected chi connectivity index (χ4v) is 6.90. The molecule has 0 radical (unpaired) electrons. The Balaban J connectivity index is 2.28. The highest BCUT2D eigenvalue weighted by Gasteiger charge is 2.52. The lowest BCUT2D eigenvalue weighted by Gasteiger charge is -2.44. The first-order chi connectivity index (χ1) is 22.6. The molecule has 1 rings (SSSR count). The molecule has 1 fully saturated rings. The van der Waals surface area contributed by atoms with Crippen LogP contribution in [-0.4, -0.2) is 72.6 Å². The quantitative estimate of drug-likeness (QED) is 0.0206. The summed E-state index contributed by atoms with van der Waals surface area (Å²) >= 11 is 1.44. The van der Waals surface area contributed by atoms with Gasteiger partial charge in [0.1, 0.15) is 18.1 Å². The summed E-state index contributed by atoms with van der Waals surface area (Å²) < 4.78 is 27.7. The van der Waals surface area contributed by atoms with Gasteiger partial charge in [0.05, 0.1) is 0 Å². The van der Waals surface area contributed by atoms with Crippen molar-refractivity contribution in [1.29, 1.82) is 0 Å². The minimum absolute atomic E-state index is 0.210. The largest absolute Gasteiger partial charge is 0.463 e. The standard InChI is InChI=1S/C34H59N3O9S/c1-26(38)42-25-30-31(43-27(2)39)32(44-28(3)40)33(45-29(4)41)34(46-30)47-24-22-20-18-16-14-12-10-8-6-5-7-9-11-13-15-17-19-21-23-36-37-35/h30-34H,5-25H2,1-4H3/t30-,31-,32+,33-,34+/m1/s1. The second-order valence-corrected chi connectivity index (χ2v) is 13.5. The second-order valence-electron chi connectivity index (χ2n) is 12.3. The Hall–Kier alpha value is -2.50. The third-order valence-corrected chi connectivity index (χ3v) is 9.18. The summed E-state index contributed by atoms with van der Waals surface area (Å²) in [5.74, 6) is -1.65. The summed E-state index contributed by atoms with van der Waals surface area (Å²) in [6.07, 6.45) is 18.0. The van der Waals surface area contributed by atoms with Gasteiger partial charge in [-0.2, -0.15) is 0 Å². The Kier molecular flexibility index (Phi) is 24.8. The monoisotopic (exact) mass is 685 g/mol. The van der Waals surface area contributed by atoms with Crippen LogP contribution in [-0.2, 0) is 42.9 Å². The molecule has 0 N–H and O–H groups in total. The molecule has 47 heavy (non-hydrogen) atoms.